The molecule has 2 rings (SSSR count). The number of para-hydroxylation sites is 1. The van der Waals surface area contributed by atoms with Crippen molar-refractivity contribution in [2.24, 2.45) is 0 Å². The maximum atomic E-state index is 11.7. The summed E-state index contributed by atoms with van der Waals surface area (Å²) < 4.78 is 0. The van der Waals surface area contributed by atoms with Gasteiger partial charge < -0.3 is 15.4 Å². The van der Waals surface area contributed by atoms with E-state index >= 15 is 0 Å². The van der Waals surface area contributed by atoms with Crippen LogP contribution in [0.5, 0.6) is 0 Å². The van der Waals surface area contributed by atoms with Crippen LogP contribution in [0.1, 0.15) is 31.2 Å². The zero-order valence-electron chi connectivity index (χ0n) is 11.7. The minimum Gasteiger partial charge on any atom is -0.396 e. The topological polar surface area (TPSA) is 65.1 Å². The number of aromatic nitrogens is 1. The van der Waals surface area contributed by atoms with E-state index in [0.717, 1.165) is 31.2 Å². The predicted molar refractivity (Wildman–Crippen MR) is 80.6 cm³/mol. The molecule has 0 aliphatic heterocycles. The normalized spacial score (nSPS) is 10.8. The Balaban J connectivity index is 1.73. The third-order valence-corrected chi connectivity index (χ3v) is 3.45. The molecule has 0 atom stereocenters. The second-order valence-electron chi connectivity index (χ2n) is 4.99. The van der Waals surface area contributed by atoms with E-state index in [0.29, 0.717) is 13.0 Å². The molecule has 0 bridgehead atoms. The highest BCUT2D eigenvalue weighted by Crippen LogP contribution is 2.18. The smallest absolute Gasteiger partial charge is 0.220 e. The largest absolute Gasteiger partial charge is 0.396 e. The maximum Gasteiger partial charge on any atom is 0.220 e. The Kier molecular flexibility index (Phi) is 5.62. The Morgan fingerprint density at radius 2 is 2.05 bits per heavy atom. The molecule has 0 saturated carbocycles. The van der Waals surface area contributed by atoms with Crippen LogP contribution in [0.3, 0.4) is 0 Å². The quantitative estimate of drug-likeness (QED) is 0.647. The van der Waals surface area contributed by atoms with Crippen molar-refractivity contribution in [1.29, 1.82) is 0 Å². The van der Waals surface area contributed by atoms with Gasteiger partial charge in [0.25, 0.3) is 0 Å². The number of aryl methyl sites for hydroxylation is 1. The summed E-state index contributed by atoms with van der Waals surface area (Å²) in [5, 5.41) is 12.8. The molecular formula is C16H22N2O2. The highest BCUT2D eigenvalue weighted by atomic mass is 16.2. The van der Waals surface area contributed by atoms with Gasteiger partial charge >= 0.3 is 0 Å². The van der Waals surface area contributed by atoms with Gasteiger partial charge in [-0.2, -0.15) is 0 Å². The number of hydrogen-bond acceptors (Lipinski definition) is 2. The fraction of sp³-hybridized carbons (Fsp3) is 0.438. The van der Waals surface area contributed by atoms with Gasteiger partial charge in [0.05, 0.1) is 0 Å². The van der Waals surface area contributed by atoms with Gasteiger partial charge in [0.15, 0.2) is 0 Å². The summed E-state index contributed by atoms with van der Waals surface area (Å²) in [6, 6.07) is 8.14. The minimum absolute atomic E-state index is 0.0966. The molecule has 0 unspecified atom stereocenters. The Hall–Kier alpha value is -1.81. The van der Waals surface area contributed by atoms with E-state index in [1.807, 2.05) is 24.4 Å². The summed E-state index contributed by atoms with van der Waals surface area (Å²) in [6.45, 7) is 0.932. The molecule has 2 aromatic rings. The Morgan fingerprint density at radius 1 is 1.20 bits per heavy atom. The van der Waals surface area contributed by atoms with Gasteiger partial charge in [-0.05, 0) is 37.3 Å². The second kappa shape index (κ2) is 7.70. The van der Waals surface area contributed by atoms with Crippen LogP contribution in [0.25, 0.3) is 10.9 Å². The first kappa shape index (κ1) is 14.6. The van der Waals surface area contributed by atoms with Crippen LogP contribution in [0.15, 0.2) is 30.5 Å². The molecule has 1 aromatic heterocycles. The molecule has 0 aliphatic rings. The van der Waals surface area contributed by atoms with Crippen LogP contribution in [0, 0.1) is 0 Å². The lowest BCUT2D eigenvalue weighted by Crippen LogP contribution is -2.24. The summed E-state index contributed by atoms with van der Waals surface area (Å²) in [4.78, 5) is 15.0. The van der Waals surface area contributed by atoms with Gasteiger partial charge in [0.2, 0.25) is 5.91 Å². The first-order valence-corrected chi connectivity index (χ1v) is 7.24. The van der Waals surface area contributed by atoms with Gasteiger partial charge in [0.1, 0.15) is 0 Å². The number of fused-ring (bicyclic) bond motifs is 1. The standard InChI is InChI=1S/C16H22N2O2/c19-11-5-1-4-10-17-16(20)9-8-13-12-18-15-7-3-2-6-14(13)15/h2-3,6-7,12,18-19H,1,4-5,8-11H2,(H,17,20). The number of aliphatic hydroxyl groups is 1. The van der Waals surface area contributed by atoms with Crippen LogP contribution in [-0.4, -0.2) is 29.1 Å². The highest BCUT2D eigenvalue weighted by Gasteiger charge is 2.06. The number of H-pyrrole nitrogens is 1. The van der Waals surface area contributed by atoms with Crippen molar-refractivity contribution in [3.05, 3.63) is 36.0 Å². The van der Waals surface area contributed by atoms with Crippen molar-refractivity contribution in [1.82, 2.24) is 10.3 Å². The summed E-state index contributed by atoms with van der Waals surface area (Å²) in [5.41, 5.74) is 2.31. The van der Waals surface area contributed by atoms with Crippen LogP contribution in [0.2, 0.25) is 0 Å². The lowest BCUT2D eigenvalue weighted by atomic mass is 10.1. The number of hydrogen-bond donors (Lipinski definition) is 3. The molecular weight excluding hydrogens is 252 g/mol. The number of aromatic amines is 1. The molecule has 4 heteroatoms. The molecule has 1 aromatic carbocycles. The van der Waals surface area contributed by atoms with Crippen molar-refractivity contribution < 1.29 is 9.90 Å². The monoisotopic (exact) mass is 274 g/mol. The fourth-order valence-corrected chi connectivity index (χ4v) is 2.32. The van der Waals surface area contributed by atoms with Gasteiger partial charge in [0, 0.05) is 36.7 Å². The van der Waals surface area contributed by atoms with E-state index < -0.39 is 0 Å². The van der Waals surface area contributed by atoms with Crippen molar-refractivity contribution in [3.8, 4) is 0 Å². The van der Waals surface area contributed by atoms with Crippen LogP contribution < -0.4 is 5.32 Å². The number of nitrogens with one attached hydrogen (secondary N) is 2. The van der Waals surface area contributed by atoms with Gasteiger partial charge in [-0.3, -0.25) is 4.79 Å². The first-order valence-electron chi connectivity index (χ1n) is 7.24. The van der Waals surface area contributed by atoms with Gasteiger partial charge in [-0.25, -0.2) is 0 Å². The summed E-state index contributed by atoms with van der Waals surface area (Å²) in [5.74, 6) is 0.0966. The van der Waals surface area contributed by atoms with E-state index in [-0.39, 0.29) is 12.5 Å². The Bertz CT molecular complexity index is 548. The minimum atomic E-state index is 0.0966. The summed E-state index contributed by atoms with van der Waals surface area (Å²) in [7, 11) is 0. The number of carbonyl (C=O) groups is 1. The molecule has 20 heavy (non-hydrogen) atoms. The molecule has 0 radical (unpaired) electrons. The average Bonchev–Trinajstić information content (AvgIpc) is 2.88. The maximum absolute atomic E-state index is 11.7. The van der Waals surface area contributed by atoms with Crippen molar-refractivity contribution in [2.75, 3.05) is 13.2 Å². The number of unbranched alkanes of at least 4 members (excludes halogenated alkanes) is 2. The molecule has 0 saturated heterocycles. The number of benzene rings is 1. The Morgan fingerprint density at radius 3 is 2.90 bits per heavy atom. The lowest BCUT2D eigenvalue weighted by Gasteiger charge is -2.04. The molecule has 4 nitrogen and oxygen atoms in total. The SMILES string of the molecule is O=C(CCc1c[nH]c2ccccc12)NCCCCCO. The van der Waals surface area contributed by atoms with Crippen molar-refractivity contribution in [2.45, 2.75) is 32.1 Å². The van der Waals surface area contributed by atoms with E-state index in [1.54, 1.807) is 0 Å². The third kappa shape index (κ3) is 4.10. The van der Waals surface area contributed by atoms with Crippen LogP contribution in [-0.2, 0) is 11.2 Å². The average molecular weight is 274 g/mol. The van der Waals surface area contributed by atoms with Crippen LogP contribution >= 0.6 is 0 Å². The molecule has 3 N–H and O–H groups in total. The van der Waals surface area contributed by atoms with Crippen LogP contribution in [0.4, 0.5) is 0 Å². The zero-order chi connectivity index (χ0) is 14.2. The Labute approximate surface area is 119 Å². The number of amides is 1. The lowest BCUT2D eigenvalue weighted by molar-refractivity contribution is -0.121. The van der Waals surface area contributed by atoms with Crippen molar-refractivity contribution >= 4 is 16.8 Å². The van der Waals surface area contributed by atoms with Gasteiger partial charge in [-0.15, -0.1) is 0 Å². The molecule has 0 spiro atoms. The third-order valence-electron chi connectivity index (χ3n) is 3.45. The first-order chi connectivity index (χ1) is 9.81. The van der Waals surface area contributed by atoms with E-state index in [2.05, 4.69) is 16.4 Å². The number of aliphatic hydroxyl groups excluding tert-OH is 1. The fourth-order valence-electron chi connectivity index (χ4n) is 2.32. The van der Waals surface area contributed by atoms with E-state index in [1.165, 1.54) is 10.9 Å². The number of rotatable bonds is 8. The molecule has 1 amide bonds. The molecule has 1 heterocycles. The number of carbonyl (C=O) groups excluding carboxylic acids is 1. The van der Waals surface area contributed by atoms with E-state index in [4.69, 9.17) is 5.11 Å². The molecule has 0 aliphatic carbocycles. The van der Waals surface area contributed by atoms with Gasteiger partial charge in [-0.1, -0.05) is 18.2 Å². The highest BCUT2D eigenvalue weighted by molar-refractivity contribution is 5.84. The van der Waals surface area contributed by atoms with E-state index in [9.17, 15) is 4.79 Å². The summed E-state index contributed by atoms with van der Waals surface area (Å²) >= 11 is 0. The predicted octanol–water partition coefficient (Wildman–Crippen LogP) is 2.38. The molecule has 108 valence electrons. The molecule has 0 fully saturated rings. The second-order valence-corrected chi connectivity index (χ2v) is 4.99. The zero-order valence-corrected chi connectivity index (χ0v) is 11.7. The van der Waals surface area contributed by atoms with Crippen molar-refractivity contribution in [3.63, 3.8) is 0 Å². The summed E-state index contributed by atoms with van der Waals surface area (Å²) in [6.07, 6.45) is 5.96.